The first-order chi connectivity index (χ1) is 17.9. The average Bonchev–Trinajstić information content (AvgIpc) is 3.72. The van der Waals surface area contributed by atoms with Gasteiger partial charge in [-0.2, -0.15) is 5.26 Å². The number of carbonyl (C=O) groups is 1. The van der Waals surface area contributed by atoms with Gasteiger partial charge in [-0.1, -0.05) is 49.2 Å². The molecule has 1 amide bonds. The van der Waals surface area contributed by atoms with E-state index in [0.29, 0.717) is 12.0 Å². The fourth-order valence-corrected chi connectivity index (χ4v) is 5.96. The van der Waals surface area contributed by atoms with Crippen molar-refractivity contribution in [1.82, 2.24) is 0 Å². The Labute approximate surface area is 217 Å². The second-order valence-electron chi connectivity index (χ2n) is 10.9. The van der Waals surface area contributed by atoms with E-state index in [-0.39, 0.29) is 23.4 Å². The first-order valence-corrected chi connectivity index (χ1v) is 13.3. The van der Waals surface area contributed by atoms with Gasteiger partial charge in [0.15, 0.2) is 0 Å². The van der Waals surface area contributed by atoms with Gasteiger partial charge < -0.3 is 5.32 Å². The molecule has 2 fully saturated rings. The molecule has 0 bridgehead atoms. The summed E-state index contributed by atoms with van der Waals surface area (Å²) >= 11 is 0. The van der Waals surface area contributed by atoms with E-state index in [4.69, 9.17) is 0 Å². The Balaban J connectivity index is 1.32. The topological polar surface area (TPSA) is 52.9 Å². The molecule has 3 aromatic rings. The standard InChI is InChI=1S/C32H32F2N2O/c33-28-18-29(34)20-30(19-28)36-31(37)12-15-32(13-10-23(11-14-32)16-22-4-5-22)27-8-6-25(7-9-27)26-3-1-2-24(17-26)21-35/h1-3,6-9,17-20,22-23H,4-5,10-16H2,(H,36,37). The second kappa shape index (κ2) is 10.8. The molecule has 0 radical (unpaired) electrons. The van der Waals surface area contributed by atoms with Gasteiger partial charge in [-0.15, -0.1) is 0 Å². The highest BCUT2D eigenvalue weighted by atomic mass is 19.1. The van der Waals surface area contributed by atoms with E-state index in [1.807, 2.05) is 18.2 Å². The normalized spacial score (nSPS) is 21.3. The Hall–Kier alpha value is -3.52. The lowest BCUT2D eigenvalue weighted by Crippen LogP contribution is -2.33. The van der Waals surface area contributed by atoms with E-state index in [1.165, 1.54) is 37.7 Å². The predicted octanol–water partition coefficient (Wildman–Crippen LogP) is 8.15. The van der Waals surface area contributed by atoms with Gasteiger partial charge in [-0.05, 0) is 96.7 Å². The minimum absolute atomic E-state index is 0.0996. The van der Waals surface area contributed by atoms with Crippen molar-refractivity contribution in [1.29, 1.82) is 5.26 Å². The zero-order valence-corrected chi connectivity index (χ0v) is 21.0. The number of halogens is 2. The van der Waals surface area contributed by atoms with Crippen LogP contribution in [-0.4, -0.2) is 5.91 Å². The zero-order chi connectivity index (χ0) is 25.8. The highest BCUT2D eigenvalue weighted by Crippen LogP contribution is 2.48. The summed E-state index contributed by atoms with van der Waals surface area (Å²) in [5.41, 5.74) is 3.99. The number of anilines is 1. The number of nitrogens with zero attached hydrogens (tertiary/aromatic N) is 1. The fourth-order valence-electron chi connectivity index (χ4n) is 5.96. The van der Waals surface area contributed by atoms with Gasteiger partial charge in [0.2, 0.25) is 5.91 Å². The maximum atomic E-state index is 13.6. The summed E-state index contributed by atoms with van der Waals surface area (Å²) < 4.78 is 27.1. The maximum absolute atomic E-state index is 13.6. The molecule has 37 heavy (non-hydrogen) atoms. The smallest absolute Gasteiger partial charge is 0.224 e. The third-order valence-corrected chi connectivity index (χ3v) is 8.23. The van der Waals surface area contributed by atoms with Crippen LogP contribution in [0, 0.1) is 34.8 Å². The van der Waals surface area contributed by atoms with Crippen molar-refractivity contribution >= 4 is 11.6 Å². The van der Waals surface area contributed by atoms with Crippen molar-refractivity contribution in [3.63, 3.8) is 0 Å². The molecule has 5 rings (SSSR count). The molecule has 0 heterocycles. The molecule has 0 aromatic heterocycles. The van der Waals surface area contributed by atoms with E-state index < -0.39 is 11.6 Å². The van der Waals surface area contributed by atoms with E-state index in [2.05, 4.69) is 35.7 Å². The van der Waals surface area contributed by atoms with Crippen LogP contribution in [0.4, 0.5) is 14.5 Å². The van der Waals surface area contributed by atoms with Gasteiger partial charge in [-0.25, -0.2) is 8.78 Å². The lowest BCUT2D eigenvalue weighted by Gasteiger charge is -2.41. The minimum Gasteiger partial charge on any atom is -0.326 e. The molecular weight excluding hydrogens is 466 g/mol. The number of nitriles is 1. The number of nitrogens with one attached hydrogen (secondary N) is 1. The number of amides is 1. The summed E-state index contributed by atoms with van der Waals surface area (Å²) in [4.78, 5) is 12.8. The Bertz CT molecular complexity index is 1280. The van der Waals surface area contributed by atoms with Gasteiger partial charge in [0.1, 0.15) is 11.6 Å². The molecular formula is C32H32F2N2O. The Morgan fingerprint density at radius 1 is 0.892 bits per heavy atom. The summed E-state index contributed by atoms with van der Waals surface area (Å²) in [6.07, 6.45) is 9.46. The number of carbonyl (C=O) groups excluding carboxylic acids is 1. The molecule has 1 N–H and O–H groups in total. The molecule has 0 atom stereocenters. The molecule has 3 aromatic carbocycles. The predicted molar refractivity (Wildman–Crippen MR) is 142 cm³/mol. The van der Waals surface area contributed by atoms with E-state index >= 15 is 0 Å². The van der Waals surface area contributed by atoms with Crippen LogP contribution >= 0.6 is 0 Å². The quantitative estimate of drug-likeness (QED) is 0.341. The molecule has 190 valence electrons. The lowest BCUT2D eigenvalue weighted by molar-refractivity contribution is -0.116. The van der Waals surface area contributed by atoms with Gasteiger partial charge in [-0.3, -0.25) is 4.79 Å². The molecule has 0 spiro atoms. The van der Waals surface area contributed by atoms with Crippen molar-refractivity contribution in [3.05, 3.63) is 89.5 Å². The highest BCUT2D eigenvalue weighted by Gasteiger charge is 2.38. The van der Waals surface area contributed by atoms with Crippen LogP contribution in [-0.2, 0) is 10.2 Å². The summed E-state index contributed by atoms with van der Waals surface area (Å²) in [7, 11) is 0. The van der Waals surface area contributed by atoms with Crippen LogP contribution in [0.15, 0.2) is 66.7 Å². The van der Waals surface area contributed by atoms with Crippen LogP contribution in [0.1, 0.15) is 68.9 Å². The summed E-state index contributed by atoms with van der Waals surface area (Å²) in [6.45, 7) is 0. The first kappa shape index (κ1) is 25.1. The third-order valence-electron chi connectivity index (χ3n) is 8.23. The number of hydrogen-bond acceptors (Lipinski definition) is 2. The molecule has 0 unspecified atom stereocenters. The first-order valence-electron chi connectivity index (χ1n) is 13.3. The van der Waals surface area contributed by atoms with E-state index in [1.54, 1.807) is 6.07 Å². The summed E-state index contributed by atoms with van der Waals surface area (Å²) in [5, 5.41) is 11.9. The molecule has 2 aliphatic carbocycles. The molecule has 5 heteroatoms. The minimum atomic E-state index is -0.707. The van der Waals surface area contributed by atoms with Gasteiger partial charge in [0.25, 0.3) is 0 Å². The lowest BCUT2D eigenvalue weighted by atomic mass is 9.63. The van der Waals surface area contributed by atoms with Crippen molar-refractivity contribution in [2.24, 2.45) is 11.8 Å². The van der Waals surface area contributed by atoms with Crippen LogP contribution in [0.2, 0.25) is 0 Å². The zero-order valence-electron chi connectivity index (χ0n) is 21.0. The van der Waals surface area contributed by atoms with Gasteiger partial charge in [0.05, 0.1) is 11.6 Å². The van der Waals surface area contributed by atoms with Crippen LogP contribution < -0.4 is 5.32 Å². The number of rotatable bonds is 8. The third kappa shape index (κ3) is 6.25. The monoisotopic (exact) mass is 498 g/mol. The largest absolute Gasteiger partial charge is 0.326 e. The number of hydrogen-bond donors (Lipinski definition) is 1. The molecule has 2 aliphatic rings. The second-order valence-corrected chi connectivity index (χ2v) is 10.9. The Morgan fingerprint density at radius 2 is 1.57 bits per heavy atom. The average molecular weight is 499 g/mol. The maximum Gasteiger partial charge on any atom is 0.224 e. The molecule has 2 saturated carbocycles. The van der Waals surface area contributed by atoms with Crippen molar-refractivity contribution < 1.29 is 13.6 Å². The number of benzene rings is 3. The molecule has 0 aliphatic heterocycles. The Morgan fingerprint density at radius 3 is 2.22 bits per heavy atom. The van der Waals surface area contributed by atoms with Gasteiger partial charge in [0, 0.05) is 18.2 Å². The van der Waals surface area contributed by atoms with Crippen molar-refractivity contribution in [3.8, 4) is 17.2 Å². The SMILES string of the molecule is N#Cc1cccc(-c2ccc(C3(CCC(=O)Nc4cc(F)cc(F)c4)CCC(CC4CC4)CC3)cc2)c1. The Kier molecular flexibility index (Phi) is 7.37. The summed E-state index contributed by atoms with van der Waals surface area (Å²) in [5.74, 6) is 0.0350. The van der Waals surface area contributed by atoms with Gasteiger partial charge >= 0.3 is 0 Å². The molecule has 0 saturated heterocycles. The van der Waals surface area contributed by atoms with Crippen molar-refractivity contribution in [2.75, 3.05) is 5.32 Å². The van der Waals surface area contributed by atoms with Crippen LogP contribution in [0.5, 0.6) is 0 Å². The highest BCUT2D eigenvalue weighted by molar-refractivity contribution is 5.90. The van der Waals surface area contributed by atoms with E-state index in [0.717, 1.165) is 54.0 Å². The van der Waals surface area contributed by atoms with E-state index in [9.17, 15) is 18.8 Å². The molecule has 3 nitrogen and oxygen atoms in total. The summed E-state index contributed by atoms with van der Waals surface area (Å²) in [6, 6.07) is 21.4. The van der Waals surface area contributed by atoms with Crippen molar-refractivity contribution in [2.45, 2.75) is 63.2 Å². The fraction of sp³-hybridized carbons (Fsp3) is 0.375. The van der Waals surface area contributed by atoms with Crippen LogP contribution in [0.3, 0.4) is 0 Å². The van der Waals surface area contributed by atoms with Crippen LogP contribution in [0.25, 0.3) is 11.1 Å².